The van der Waals surface area contributed by atoms with E-state index in [0.717, 1.165) is 17.2 Å². The molecule has 0 amide bonds. The van der Waals surface area contributed by atoms with Crippen LogP contribution in [0.4, 0.5) is 24.5 Å². The molecule has 2 aromatic rings. The molecule has 1 heterocycles. The normalized spacial score (nSPS) is 14.4. The Morgan fingerprint density at radius 1 is 1.00 bits per heavy atom. The summed E-state index contributed by atoms with van der Waals surface area (Å²) in [5.41, 5.74) is 7.71. The number of hydrogen-bond donors (Lipinski definition) is 1. The topological polar surface area (TPSA) is 29.3 Å². The average Bonchev–Trinajstić information content (AvgIpc) is 2.80. The second-order valence-corrected chi connectivity index (χ2v) is 5.48. The predicted molar refractivity (Wildman–Crippen MR) is 77.2 cm³/mol. The van der Waals surface area contributed by atoms with Crippen molar-refractivity contribution in [3.63, 3.8) is 0 Å². The van der Waals surface area contributed by atoms with Gasteiger partial charge >= 0.3 is 6.18 Å². The molecule has 0 unspecified atom stereocenters. The number of nitrogen functional groups attached to an aromatic ring is 1. The summed E-state index contributed by atoms with van der Waals surface area (Å²) in [6.45, 7) is 0.839. The van der Waals surface area contributed by atoms with Crippen molar-refractivity contribution in [2.24, 2.45) is 0 Å². The van der Waals surface area contributed by atoms with E-state index >= 15 is 0 Å². The van der Waals surface area contributed by atoms with Gasteiger partial charge in [-0.3, -0.25) is 0 Å². The standard InChI is InChI=1S/C15H12ClF3N2/c16-11-2-4-14(13(6-11)15(17,18)19)21-7-9-1-3-12(20)5-10(9)8-21/h1-6H,7-8,20H2. The first-order chi connectivity index (χ1) is 9.84. The van der Waals surface area contributed by atoms with Crippen LogP contribution in [0.15, 0.2) is 36.4 Å². The number of fused-ring (bicyclic) bond motifs is 1. The molecule has 2 aromatic carbocycles. The zero-order chi connectivity index (χ0) is 15.2. The minimum atomic E-state index is -4.44. The quantitative estimate of drug-likeness (QED) is 0.788. The number of anilines is 2. The van der Waals surface area contributed by atoms with Crippen LogP contribution in [0.1, 0.15) is 16.7 Å². The Labute approximate surface area is 124 Å². The highest BCUT2D eigenvalue weighted by Gasteiger charge is 2.36. The molecule has 21 heavy (non-hydrogen) atoms. The highest BCUT2D eigenvalue weighted by atomic mass is 35.5. The van der Waals surface area contributed by atoms with Crippen LogP contribution in [0.2, 0.25) is 5.02 Å². The third-order valence-corrected chi connectivity index (χ3v) is 3.79. The maximum atomic E-state index is 13.2. The van der Waals surface area contributed by atoms with Crippen LogP contribution < -0.4 is 10.6 Å². The van der Waals surface area contributed by atoms with Crippen molar-refractivity contribution in [1.29, 1.82) is 0 Å². The van der Waals surface area contributed by atoms with E-state index in [0.29, 0.717) is 18.8 Å². The van der Waals surface area contributed by atoms with E-state index in [1.165, 1.54) is 12.1 Å². The molecule has 0 radical (unpaired) electrons. The van der Waals surface area contributed by atoms with E-state index in [-0.39, 0.29) is 10.7 Å². The Kier molecular flexibility index (Phi) is 3.24. The maximum Gasteiger partial charge on any atom is 0.418 e. The zero-order valence-electron chi connectivity index (χ0n) is 10.9. The zero-order valence-corrected chi connectivity index (χ0v) is 11.7. The van der Waals surface area contributed by atoms with Crippen LogP contribution in [0.25, 0.3) is 0 Å². The third kappa shape index (κ3) is 2.65. The van der Waals surface area contributed by atoms with E-state index in [1.807, 2.05) is 6.07 Å². The molecular weight excluding hydrogens is 301 g/mol. The van der Waals surface area contributed by atoms with Crippen LogP contribution in [-0.4, -0.2) is 0 Å². The fourth-order valence-corrected chi connectivity index (χ4v) is 2.77. The summed E-state index contributed by atoms with van der Waals surface area (Å²) in [4.78, 5) is 1.68. The van der Waals surface area contributed by atoms with Gasteiger partial charge in [0.25, 0.3) is 0 Å². The van der Waals surface area contributed by atoms with E-state index in [2.05, 4.69) is 0 Å². The largest absolute Gasteiger partial charge is 0.418 e. The van der Waals surface area contributed by atoms with Gasteiger partial charge in [0, 0.05) is 29.5 Å². The Bertz CT molecular complexity index is 698. The molecule has 2 N–H and O–H groups in total. The Morgan fingerprint density at radius 3 is 2.43 bits per heavy atom. The summed E-state index contributed by atoms with van der Waals surface area (Å²) in [5, 5.41) is 0.0760. The molecule has 3 rings (SSSR count). The number of benzene rings is 2. The lowest BCUT2D eigenvalue weighted by Crippen LogP contribution is -2.19. The van der Waals surface area contributed by atoms with Crippen LogP contribution in [0, 0.1) is 0 Å². The fraction of sp³-hybridized carbons (Fsp3) is 0.200. The second-order valence-electron chi connectivity index (χ2n) is 5.04. The van der Waals surface area contributed by atoms with Gasteiger partial charge in [0.15, 0.2) is 0 Å². The molecule has 0 bridgehead atoms. The van der Waals surface area contributed by atoms with Crippen LogP contribution in [0.3, 0.4) is 0 Å². The predicted octanol–water partition coefficient (Wildman–Crippen LogP) is 4.46. The molecule has 1 aliphatic heterocycles. The van der Waals surface area contributed by atoms with Crippen LogP contribution in [-0.2, 0) is 19.3 Å². The van der Waals surface area contributed by atoms with Crippen molar-refractivity contribution in [1.82, 2.24) is 0 Å². The first-order valence-corrected chi connectivity index (χ1v) is 6.71. The number of nitrogens with zero attached hydrogens (tertiary/aromatic N) is 1. The van der Waals surface area contributed by atoms with Crippen molar-refractivity contribution in [3.05, 3.63) is 58.1 Å². The third-order valence-electron chi connectivity index (χ3n) is 3.56. The van der Waals surface area contributed by atoms with Gasteiger partial charge in [0.1, 0.15) is 0 Å². The van der Waals surface area contributed by atoms with E-state index in [4.69, 9.17) is 17.3 Å². The molecule has 1 aliphatic rings. The summed E-state index contributed by atoms with van der Waals surface area (Å²) >= 11 is 5.70. The number of halogens is 4. The Morgan fingerprint density at radius 2 is 1.71 bits per heavy atom. The summed E-state index contributed by atoms with van der Waals surface area (Å²) in [6, 6.07) is 9.28. The van der Waals surface area contributed by atoms with Crippen molar-refractivity contribution in [2.75, 3.05) is 10.6 Å². The van der Waals surface area contributed by atoms with Crippen molar-refractivity contribution in [2.45, 2.75) is 19.3 Å². The molecule has 6 heteroatoms. The van der Waals surface area contributed by atoms with E-state index in [9.17, 15) is 13.2 Å². The van der Waals surface area contributed by atoms with Crippen LogP contribution >= 0.6 is 11.6 Å². The molecule has 0 aromatic heterocycles. The van der Waals surface area contributed by atoms with Crippen LogP contribution in [0.5, 0.6) is 0 Å². The minimum absolute atomic E-state index is 0.0760. The lowest BCUT2D eigenvalue weighted by molar-refractivity contribution is -0.137. The number of rotatable bonds is 1. The summed E-state index contributed by atoms with van der Waals surface area (Å²) in [7, 11) is 0. The van der Waals surface area contributed by atoms with Gasteiger partial charge in [-0.05, 0) is 41.5 Å². The monoisotopic (exact) mass is 312 g/mol. The highest BCUT2D eigenvalue weighted by molar-refractivity contribution is 6.30. The van der Waals surface area contributed by atoms with Crippen molar-refractivity contribution < 1.29 is 13.2 Å². The smallest absolute Gasteiger partial charge is 0.399 e. The number of alkyl halides is 3. The molecule has 110 valence electrons. The average molecular weight is 313 g/mol. The van der Waals surface area contributed by atoms with Gasteiger partial charge in [0.05, 0.1) is 5.56 Å². The molecule has 0 aliphatic carbocycles. The number of hydrogen-bond acceptors (Lipinski definition) is 2. The van der Waals surface area contributed by atoms with Gasteiger partial charge < -0.3 is 10.6 Å². The van der Waals surface area contributed by atoms with E-state index < -0.39 is 11.7 Å². The first kappa shape index (κ1) is 14.1. The molecule has 0 fully saturated rings. The summed E-state index contributed by atoms with van der Waals surface area (Å²) in [6.07, 6.45) is -4.44. The SMILES string of the molecule is Nc1ccc2c(c1)CN(c1ccc(Cl)cc1C(F)(F)F)C2. The van der Waals surface area contributed by atoms with Gasteiger partial charge in [-0.2, -0.15) is 13.2 Å². The highest BCUT2D eigenvalue weighted by Crippen LogP contribution is 2.40. The van der Waals surface area contributed by atoms with Crippen molar-refractivity contribution in [3.8, 4) is 0 Å². The molecule has 2 nitrogen and oxygen atoms in total. The Hall–Kier alpha value is -1.88. The van der Waals surface area contributed by atoms with Gasteiger partial charge in [-0.1, -0.05) is 17.7 Å². The fourth-order valence-electron chi connectivity index (χ4n) is 2.60. The maximum absolute atomic E-state index is 13.2. The molecule has 0 atom stereocenters. The number of nitrogens with two attached hydrogens (primary N) is 1. The lowest BCUT2D eigenvalue weighted by atomic mass is 10.1. The first-order valence-electron chi connectivity index (χ1n) is 6.33. The summed E-state index contributed by atoms with van der Waals surface area (Å²) in [5.74, 6) is 0. The second kappa shape index (κ2) is 4.84. The molecule has 0 saturated carbocycles. The summed E-state index contributed by atoms with van der Waals surface area (Å²) < 4.78 is 39.5. The van der Waals surface area contributed by atoms with Gasteiger partial charge in [-0.15, -0.1) is 0 Å². The van der Waals surface area contributed by atoms with Crippen molar-refractivity contribution >= 4 is 23.0 Å². The van der Waals surface area contributed by atoms with E-state index in [1.54, 1.807) is 17.0 Å². The van der Waals surface area contributed by atoms with Gasteiger partial charge in [0.2, 0.25) is 0 Å². The Balaban J connectivity index is 2.00. The molecule has 0 saturated heterocycles. The molecular formula is C15H12ClF3N2. The minimum Gasteiger partial charge on any atom is -0.399 e. The van der Waals surface area contributed by atoms with Gasteiger partial charge in [-0.25, -0.2) is 0 Å². The lowest BCUT2D eigenvalue weighted by Gasteiger charge is -2.22. The molecule has 0 spiro atoms.